The van der Waals surface area contributed by atoms with E-state index in [2.05, 4.69) is 56.1 Å². The van der Waals surface area contributed by atoms with Crippen molar-refractivity contribution in [1.82, 2.24) is 10.3 Å². The molecule has 154 valence electrons. The Kier molecular flexibility index (Phi) is 8.59. The largest absolute Gasteiger partial charge is 0.354 e. The molecule has 1 aromatic heterocycles. The fraction of sp³-hybridized carbons (Fsp3) is 0.360. The number of aryl methyl sites for hydroxylation is 1. The number of benzene rings is 1. The van der Waals surface area contributed by atoms with E-state index >= 15 is 0 Å². The van der Waals surface area contributed by atoms with Crippen LogP contribution in [0, 0.1) is 0 Å². The van der Waals surface area contributed by atoms with Gasteiger partial charge in [0.25, 0.3) is 0 Å². The average molecular weight is 409 g/mol. The normalized spacial score (nSPS) is 12.3. The second kappa shape index (κ2) is 10.9. The number of rotatable bonds is 9. The number of thiazole rings is 1. The summed E-state index contributed by atoms with van der Waals surface area (Å²) in [5, 5.41) is 3.92. The fourth-order valence-electron chi connectivity index (χ4n) is 3.17. The number of hydrogen-bond donors (Lipinski definition) is 1. The number of carbonyl (C=O) groups excluding carboxylic acids is 1. The van der Waals surface area contributed by atoms with Crippen molar-refractivity contribution in [3.8, 4) is 10.6 Å². The smallest absolute Gasteiger partial charge is 0.226 e. The number of hydrogen-bond acceptors (Lipinski definition) is 3. The van der Waals surface area contributed by atoms with Crippen molar-refractivity contribution in [2.45, 2.75) is 59.9 Å². The molecule has 29 heavy (non-hydrogen) atoms. The number of nitrogens with one attached hydrogen (secondary N) is 1. The van der Waals surface area contributed by atoms with Crippen molar-refractivity contribution in [2.75, 3.05) is 0 Å². The molecule has 0 bridgehead atoms. The van der Waals surface area contributed by atoms with Crippen LogP contribution in [0.2, 0.25) is 0 Å². The molecule has 1 amide bonds. The quantitative estimate of drug-likeness (QED) is 0.490. The molecule has 0 aliphatic carbocycles. The molecule has 0 saturated carbocycles. The zero-order valence-electron chi connectivity index (χ0n) is 18.2. The van der Waals surface area contributed by atoms with Gasteiger partial charge in [-0.1, -0.05) is 68.0 Å². The van der Waals surface area contributed by atoms with Gasteiger partial charge in [-0.15, -0.1) is 11.3 Å². The van der Waals surface area contributed by atoms with Crippen molar-refractivity contribution in [1.29, 1.82) is 0 Å². The number of aromatic nitrogens is 1. The molecule has 0 spiro atoms. The second-order valence-electron chi connectivity index (χ2n) is 7.61. The number of amides is 1. The Morgan fingerprint density at radius 1 is 1.24 bits per heavy atom. The van der Waals surface area contributed by atoms with E-state index in [1.54, 1.807) is 17.4 Å². The third-order valence-electron chi connectivity index (χ3n) is 4.40. The summed E-state index contributed by atoms with van der Waals surface area (Å²) in [5.41, 5.74) is 5.50. The minimum atomic E-state index is 0.00236. The highest BCUT2D eigenvalue weighted by Gasteiger charge is 2.17. The van der Waals surface area contributed by atoms with Crippen molar-refractivity contribution in [3.63, 3.8) is 0 Å². The Balaban J connectivity index is 2.42. The summed E-state index contributed by atoms with van der Waals surface area (Å²) in [6, 6.07) is 8.72. The fourth-order valence-corrected chi connectivity index (χ4v) is 4.23. The van der Waals surface area contributed by atoms with Crippen LogP contribution in [0.5, 0.6) is 0 Å². The summed E-state index contributed by atoms with van der Waals surface area (Å²) < 4.78 is 0. The van der Waals surface area contributed by atoms with E-state index in [4.69, 9.17) is 4.98 Å². The van der Waals surface area contributed by atoms with Gasteiger partial charge >= 0.3 is 0 Å². The molecule has 0 atom stereocenters. The third kappa shape index (κ3) is 6.82. The average Bonchev–Trinajstić information content (AvgIpc) is 3.05. The van der Waals surface area contributed by atoms with Gasteiger partial charge in [-0.25, -0.2) is 4.98 Å². The summed E-state index contributed by atoms with van der Waals surface area (Å²) in [5.74, 6) is 0.00236. The SMILES string of the molecule is C=C/C=C(C)\C=C(/C)c1sc(-c2ccc(CCC)cc2)nc1CC(=O)NC(C)C. The molecule has 1 heterocycles. The lowest BCUT2D eigenvalue weighted by molar-refractivity contribution is -0.120. The molecule has 3 nitrogen and oxygen atoms in total. The highest BCUT2D eigenvalue weighted by molar-refractivity contribution is 7.16. The van der Waals surface area contributed by atoms with E-state index in [0.29, 0.717) is 0 Å². The molecule has 2 aromatic rings. The Morgan fingerprint density at radius 3 is 2.52 bits per heavy atom. The molecular formula is C25H32N2OS. The first-order chi connectivity index (χ1) is 13.8. The van der Waals surface area contributed by atoms with Crippen LogP contribution in [0.1, 0.15) is 57.2 Å². The summed E-state index contributed by atoms with van der Waals surface area (Å²) in [4.78, 5) is 18.3. The van der Waals surface area contributed by atoms with E-state index in [-0.39, 0.29) is 18.4 Å². The third-order valence-corrected chi connectivity index (χ3v) is 5.68. The van der Waals surface area contributed by atoms with Crippen LogP contribution in [0.4, 0.5) is 0 Å². The predicted molar refractivity (Wildman–Crippen MR) is 126 cm³/mol. The topological polar surface area (TPSA) is 42.0 Å². The number of carbonyl (C=O) groups is 1. The molecule has 4 heteroatoms. The van der Waals surface area contributed by atoms with Crippen LogP contribution >= 0.6 is 11.3 Å². The first kappa shape index (κ1) is 22.8. The van der Waals surface area contributed by atoms with E-state index < -0.39 is 0 Å². The predicted octanol–water partition coefficient (Wildman–Crippen LogP) is 6.37. The Bertz CT molecular complexity index is 901. The van der Waals surface area contributed by atoms with Gasteiger partial charge in [0.15, 0.2) is 0 Å². The van der Waals surface area contributed by atoms with Crippen LogP contribution in [-0.4, -0.2) is 16.9 Å². The van der Waals surface area contributed by atoms with Crippen LogP contribution in [0.15, 0.2) is 54.6 Å². The molecule has 0 saturated heterocycles. The van der Waals surface area contributed by atoms with Crippen molar-refractivity contribution >= 4 is 22.8 Å². The molecule has 0 fully saturated rings. The minimum Gasteiger partial charge on any atom is -0.354 e. The van der Waals surface area contributed by atoms with Gasteiger partial charge in [0.2, 0.25) is 5.91 Å². The molecule has 2 rings (SSSR count). The van der Waals surface area contributed by atoms with Crippen LogP contribution in [-0.2, 0) is 17.6 Å². The molecule has 1 aromatic carbocycles. The standard InChI is InChI=1S/C25H32N2OS/c1-7-9-18(5)15-19(6)24-22(16-23(28)26-17(3)4)27-25(29-24)21-13-11-20(10-8-2)12-14-21/h7,9,11-15,17H,1,8,10,16H2,2-6H3,(H,26,28)/b18-9-,19-15+. The summed E-state index contributed by atoms with van der Waals surface area (Å²) in [6.07, 6.45) is 8.38. The van der Waals surface area contributed by atoms with Gasteiger partial charge in [0.05, 0.1) is 17.0 Å². The zero-order valence-corrected chi connectivity index (χ0v) is 19.0. The van der Waals surface area contributed by atoms with Crippen LogP contribution in [0.25, 0.3) is 16.1 Å². The summed E-state index contributed by atoms with van der Waals surface area (Å²) >= 11 is 1.65. The lowest BCUT2D eigenvalue weighted by atomic mass is 10.1. The highest BCUT2D eigenvalue weighted by Crippen LogP contribution is 2.33. The van der Waals surface area contributed by atoms with E-state index in [1.165, 1.54) is 5.56 Å². The molecule has 1 N–H and O–H groups in total. The van der Waals surface area contributed by atoms with Gasteiger partial charge in [0.1, 0.15) is 5.01 Å². The Hall–Kier alpha value is -2.46. The van der Waals surface area contributed by atoms with Gasteiger partial charge in [-0.2, -0.15) is 0 Å². The number of allylic oxidation sites excluding steroid dienone is 5. The van der Waals surface area contributed by atoms with Crippen LogP contribution < -0.4 is 5.32 Å². The molecule has 0 aliphatic rings. The number of nitrogens with zero attached hydrogens (tertiary/aromatic N) is 1. The summed E-state index contributed by atoms with van der Waals surface area (Å²) in [6.45, 7) is 14.0. The molecular weight excluding hydrogens is 376 g/mol. The zero-order chi connectivity index (χ0) is 21.4. The minimum absolute atomic E-state index is 0.00236. The highest BCUT2D eigenvalue weighted by atomic mass is 32.1. The lowest BCUT2D eigenvalue weighted by Crippen LogP contribution is -2.31. The van der Waals surface area contributed by atoms with Crippen molar-refractivity contribution in [2.24, 2.45) is 0 Å². The molecule has 0 unspecified atom stereocenters. The van der Waals surface area contributed by atoms with Crippen molar-refractivity contribution in [3.05, 3.63) is 70.8 Å². The van der Waals surface area contributed by atoms with Gasteiger partial charge in [-0.05, 0) is 45.3 Å². The van der Waals surface area contributed by atoms with E-state index in [9.17, 15) is 4.79 Å². The van der Waals surface area contributed by atoms with Gasteiger partial charge in [-0.3, -0.25) is 4.79 Å². The Morgan fingerprint density at radius 2 is 1.93 bits per heavy atom. The van der Waals surface area contributed by atoms with Gasteiger partial charge < -0.3 is 5.32 Å². The second-order valence-corrected chi connectivity index (χ2v) is 8.61. The first-order valence-electron chi connectivity index (χ1n) is 10.2. The maximum atomic E-state index is 12.4. The Labute approximate surface area is 179 Å². The van der Waals surface area contributed by atoms with E-state index in [0.717, 1.165) is 45.1 Å². The van der Waals surface area contributed by atoms with Crippen molar-refractivity contribution < 1.29 is 4.79 Å². The van der Waals surface area contributed by atoms with Crippen LogP contribution in [0.3, 0.4) is 0 Å². The molecule has 0 aliphatic heterocycles. The van der Waals surface area contributed by atoms with E-state index in [1.807, 2.05) is 26.8 Å². The monoisotopic (exact) mass is 408 g/mol. The first-order valence-corrected chi connectivity index (χ1v) is 11.0. The maximum absolute atomic E-state index is 12.4. The van der Waals surface area contributed by atoms with Gasteiger partial charge in [0, 0.05) is 11.6 Å². The summed E-state index contributed by atoms with van der Waals surface area (Å²) in [7, 11) is 0. The molecule has 0 radical (unpaired) electrons. The maximum Gasteiger partial charge on any atom is 0.226 e. The lowest BCUT2D eigenvalue weighted by Gasteiger charge is -2.08.